The molecule has 1 N–H and O–H groups in total. The first-order chi connectivity index (χ1) is 15.5. The van der Waals surface area contributed by atoms with Crippen molar-refractivity contribution in [2.24, 2.45) is 29.6 Å². The molecule has 9 heteroatoms. The number of imide groups is 1. The minimum Gasteiger partial charge on any atom is -0.307 e. The van der Waals surface area contributed by atoms with Crippen LogP contribution in [0.5, 0.6) is 0 Å². The molecule has 2 aliphatic carbocycles. The summed E-state index contributed by atoms with van der Waals surface area (Å²) in [6.07, 6.45) is 0.907. The molecule has 7 rings (SSSR count). The number of fused-ring (bicyclic) bond motifs is 9. The maximum Gasteiger partial charge on any atom is 0.305 e. The number of carbonyl (C=O) groups is 2. The number of thiophene rings is 1. The van der Waals surface area contributed by atoms with Gasteiger partial charge in [-0.05, 0) is 59.9 Å². The second-order valence-electron chi connectivity index (χ2n) is 8.96. The van der Waals surface area contributed by atoms with Crippen molar-refractivity contribution in [3.05, 3.63) is 66.2 Å². The number of nitrogens with zero attached hydrogens (tertiary/aromatic N) is 1. The largest absolute Gasteiger partial charge is 0.307 e. The van der Waals surface area contributed by atoms with Crippen molar-refractivity contribution < 1.29 is 9.59 Å². The summed E-state index contributed by atoms with van der Waals surface area (Å²) in [6.45, 7) is 0. The average molecular weight is 501 g/mol. The van der Waals surface area contributed by atoms with E-state index in [1.165, 1.54) is 21.1 Å². The summed E-state index contributed by atoms with van der Waals surface area (Å²) in [5.41, 5.74) is 0.604. The van der Waals surface area contributed by atoms with Gasteiger partial charge in [0.25, 0.3) is 0 Å². The van der Waals surface area contributed by atoms with Gasteiger partial charge in [-0.25, -0.2) is 0 Å². The molecule has 4 heterocycles. The van der Waals surface area contributed by atoms with Crippen LogP contribution in [0.1, 0.15) is 22.1 Å². The molecule has 3 fully saturated rings. The summed E-state index contributed by atoms with van der Waals surface area (Å²) in [7, 11) is 0. The molecule has 1 saturated heterocycles. The van der Waals surface area contributed by atoms with Crippen molar-refractivity contribution >= 4 is 63.5 Å². The van der Waals surface area contributed by atoms with Gasteiger partial charge in [-0.1, -0.05) is 29.0 Å². The SMILES string of the molecule is O=C1C2C3CC(C2C(=O)N1c1ccc(Cl)cc1)C1C3Sc2[nH]c(=O)sc2[C@@H]1c1cccs1. The van der Waals surface area contributed by atoms with Crippen molar-refractivity contribution in [3.8, 4) is 0 Å². The van der Waals surface area contributed by atoms with Crippen LogP contribution in [-0.4, -0.2) is 22.0 Å². The van der Waals surface area contributed by atoms with Gasteiger partial charge in [-0.3, -0.25) is 19.3 Å². The Morgan fingerprint density at radius 2 is 1.75 bits per heavy atom. The lowest BCUT2D eigenvalue weighted by Gasteiger charge is -2.42. The van der Waals surface area contributed by atoms with Gasteiger partial charge in [0.05, 0.1) is 22.5 Å². The van der Waals surface area contributed by atoms with Crippen LogP contribution in [-0.2, 0) is 9.59 Å². The fourth-order valence-corrected chi connectivity index (χ4v) is 10.6. The lowest BCUT2D eigenvalue weighted by molar-refractivity contribution is -0.123. The van der Waals surface area contributed by atoms with Crippen LogP contribution < -0.4 is 9.77 Å². The molecule has 6 unspecified atom stereocenters. The number of thioether (sulfide) groups is 1. The van der Waals surface area contributed by atoms with Gasteiger partial charge >= 0.3 is 4.87 Å². The number of H-pyrrole nitrogens is 1. The van der Waals surface area contributed by atoms with Gasteiger partial charge in [0, 0.05) is 25.9 Å². The highest BCUT2D eigenvalue weighted by molar-refractivity contribution is 8.00. The highest BCUT2D eigenvalue weighted by Crippen LogP contribution is 2.68. The van der Waals surface area contributed by atoms with Crippen LogP contribution in [0.4, 0.5) is 5.69 Å². The summed E-state index contributed by atoms with van der Waals surface area (Å²) in [4.78, 5) is 46.1. The number of aromatic amines is 1. The first-order valence-electron chi connectivity index (χ1n) is 10.6. The molecule has 0 spiro atoms. The van der Waals surface area contributed by atoms with E-state index in [9.17, 15) is 14.4 Å². The van der Waals surface area contributed by atoms with Crippen LogP contribution in [0.25, 0.3) is 0 Å². The average Bonchev–Trinajstić information content (AvgIpc) is 3.57. The molecule has 5 nitrogen and oxygen atoms in total. The molecule has 2 aliphatic heterocycles. The summed E-state index contributed by atoms with van der Waals surface area (Å²) < 4.78 is 0. The van der Waals surface area contributed by atoms with Crippen LogP contribution in [0, 0.1) is 29.6 Å². The maximum absolute atomic E-state index is 13.6. The standard InChI is InChI=1S/C23H17ClN2O3S3/c24-9-3-5-10(6-4-9)26-21(27)15-11-8-12(16(15)22(26)28)18-14(11)17(13-2-1-7-30-13)19-20(31-18)25-23(29)32-19/h1-7,11-12,14-18H,8H2,(H,25,29)/t11?,12?,14?,15?,16?,17-,18?/m1/s1. The second kappa shape index (κ2) is 6.82. The van der Waals surface area contributed by atoms with Crippen LogP contribution in [0.2, 0.25) is 5.02 Å². The van der Waals surface area contributed by atoms with Crippen molar-refractivity contribution in [3.63, 3.8) is 0 Å². The molecule has 4 aliphatic rings. The number of halogens is 1. The molecule has 162 valence electrons. The van der Waals surface area contributed by atoms with Crippen LogP contribution in [0.15, 0.2) is 51.6 Å². The predicted molar refractivity (Wildman–Crippen MR) is 127 cm³/mol. The fourth-order valence-electron chi connectivity index (χ4n) is 6.65. The highest BCUT2D eigenvalue weighted by Gasteiger charge is 2.69. The van der Waals surface area contributed by atoms with Gasteiger partial charge in [0.15, 0.2) is 0 Å². The Hall–Kier alpha value is -1.87. The zero-order valence-corrected chi connectivity index (χ0v) is 19.8. The number of hydrogen-bond donors (Lipinski definition) is 1. The van der Waals surface area contributed by atoms with E-state index in [0.717, 1.165) is 16.3 Å². The molecule has 32 heavy (non-hydrogen) atoms. The van der Waals surface area contributed by atoms with Crippen molar-refractivity contribution in [2.75, 3.05) is 4.90 Å². The number of benzene rings is 1. The Labute approximate surface area is 200 Å². The molecule has 0 radical (unpaired) electrons. The molecule has 2 bridgehead atoms. The number of hydrogen-bond acceptors (Lipinski definition) is 6. The minimum atomic E-state index is -0.273. The molecular weight excluding hydrogens is 484 g/mol. The quantitative estimate of drug-likeness (QED) is 0.512. The molecule has 2 aromatic heterocycles. The number of thiazole rings is 1. The lowest BCUT2D eigenvalue weighted by atomic mass is 9.69. The van der Waals surface area contributed by atoms with E-state index in [1.807, 2.05) is 6.07 Å². The van der Waals surface area contributed by atoms with Crippen molar-refractivity contribution in [1.29, 1.82) is 0 Å². The van der Waals surface area contributed by atoms with E-state index in [4.69, 9.17) is 11.6 Å². The van der Waals surface area contributed by atoms with Crippen molar-refractivity contribution in [1.82, 2.24) is 4.98 Å². The van der Waals surface area contributed by atoms with Gasteiger partial charge in [0.1, 0.15) is 0 Å². The number of carbonyl (C=O) groups excluding carboxylic acids is 2. The van der Waals surface area contributed by atoms with E-state index in [1.54, 1.807) is 47.4 Å². The number of rotatable bonds is 2. The summed E-state index contributed by atoms with van der Waals surface area (Å²) in [6, 6.07) is 11.1. The Bertz CT molecular complexity index is 1310. The lowest BCUT2D eigenvalue weighted by Crippen LogP contribution is -2.42. The van der Waals surface area contributed by atoms with E-state index < -0.39 is 0 Å². The fraction of sp³-hybridized carbons (Fsp3) is 0.348. The molecule has 2 saturated carbocycles. The summed E-state index contributed by atoms with van der Waals surface area (Å²) in [5.74, 6) is -0.0317. The smallest absolute Gasteiger partial charge is 0.305 e. The minimum absolute atomic E-state index is 0.0300. The van der Waals surface area contributed by atoms with Crippen LogP contribution >= 0.6 is 46.0 Å². The Morgan fingerprint density at radius 1 is 1.00 bits per heavy atom. The van der Waals surface area contributed by atoms with Gasteiger partial charge < -0.3 is 4.98 Å². The molecule has 2 amide bonds. The molecule has 3 aromatic rings. The zero-order chi connectivity index (χ0) is 21.7. The predicted octanol–water partition coefficient (Wildman–Crippen LogP) is 4.83. The number of aromatic nitrogens is 1. The Balaban J connectivity index is 1.32. The first-order valence-corrected chi connectivity index (χ1v) is 13.5. The first kappa shape index (κ1) is 19.6. The van der Waals surface area contributed by atoms with Gasteiger partial charge in [0.2, 0.25) is 11.8 Å². The third kappa shape index (κ3) is 2.49. The Kier molecular flexibility index (Phi) is 4.18. The Morgan fingerprint density at radius 3 is 2.47 bits per heavy atom. The van der Waals surface area contributed by atoms with E-state index in [2.05, 4.69) is 16.4 Å². The number of nitrogens with one attached hydrogen (secondary N) is 1. The summed E-state index contributed by atoms with van der Waals surface area (Å²) in [5, 5.41) is 3.83. The van der Waals surface area contributed by atoms with Gasteiger partial charge in [-0.2, -0.15) is 0 Å². The molecular formula is C23H17ClN2O3S3. The van der Waals surface area contributed by atoms with Crippen molar-refractivity contribution in [2.45, 2.75) is 22.6 Å². The molecule has 7 atom stereocenters. The normalized spacial score (nSPS) is 34.7. The van der Waals surface area contributed by atoms with Gasteiger partial charge in [-0.15, -0.1) is 23.1 Å². The molecule has 1 aromatic carbocycles. The number of anilines is 1. The highest BCUT2D eigenvalue weighted by atomic mass is 35.5. The maximum atomic E-state index is 13.6. The number of amides is 2. The monoisotopic (exact) mass is 500 g/mol. The topological polar surface area (TPSA) is 70.2 Å². The van der Waals surface area contributed by atoms with Crippen LogP contribution in [0.3, 0.4) is 0 Å². The van der Waals surface area contributed by atoms with E-state index in [-0.39, 0.29) is 57.4 Å². The third-order valence-electron chi connectivity index (χ3n) is 7.66. The zero-order valence-electron chi connectivity index (χ0n) is 16.6. The second-order valence-corrected chi connectivity index (χ2v) is 12.6. The third-order valence-corrected chi connectivity index (χ3v) is 11.5. The van der Waals surface area contributed by atoms with E-state index >= 15 is 0 Å². The summed E-state index contributed by atoms with van der Waals surface area (Å²) >= 11 is 10.8. The van der Waals surface area contributed by atoms with E-state index in [0.29, 0.717) is 10.7 Å².